The number of amides is 1. The van der Waals surface area contributed by atoms with Crippen molar-refractivity contribution in [1.82, 2.24) is 10.3 Å². The van der Waals surface area contributed by atoms with Crippen LogP contribution in [0.15, 0.2) is 36.5 Å². The Morgan fingerprint density at radius 3 is 2.83 bits per heavy atom. The molecule has 3 rings (SSSR count). The first kappa shape index (κ1) is 15.1. The van der Waals surface area contributed by atoms with Gasteiger partial charge in [0.2, 0.25) is 5.88 Å². The summed E-state index contributed by atoms with van der Waals surface area (Å²) in [5, 5.41) is 2.94. The van der Waals surface area contributed by atoms with Crippen molar-refractivity contribution in [2.45, 2.75) is 13.0 Å². The smallest absolute Gasteiger partial charge is 0.257 e. The highest BCUT2D eigenvalue weighted by Crippen LogP contribution is 2.32. The number of benzene rings is 1. The second-order valence-corrected chi connectivity index (χ2v) is 5.16. The number of nitrogens with one attached hydrogen (secondary N) is 1. The molecule has 6 heteroatoms. The third-order valence-corrected chi connectivity index (χ3v) is 3.62. The molecule has 1 aromatic carbocycles. The zero-order valence-corrected chi connectivity index (χ0v) is 13.0. The maximum Gasteiger partial charge on any atom is 0.257 e. The van der Waals surface area contributed by atoms with Crippen LogP contribution in [-0.2, 0) is 0 Å². The van der Waals surface area contributed by atoms with Crippen molar-refractivity contribution in [1.29, 1.82) is 0 Å². The summed E-state index contributed by atoms with van der Waals surface area (Å²) in [5.41, 5.74) is 1.34. The Balaban J connectivity index is 1.76. The minimum Gasteiger partial charge on any atom is -0.486 e. The highest BCUT2D eigenvalue weighted by molar-refractivity contribution is 5.96. The summed E-state index contributed by atoms with van der Waals surface area (Å²) in [6.07, 6.45) is 1.58. The van der Waals surface area contributed by atoms with Gasteiger partial charge in [0.25, 0.3) is 5.91 Å². The lowest BCUT2D eigenvalue weighted by Gasteiger charge is -2.21. The third-order valence-electron chi connectivity index (χ3n) is 3.62. The molecule has 6 nitrogen and oxygen atoms in total. The molecule has 0 saturated carbocycles. The van der Waals surface area contributed by atoms with Crippen molar-refractivity contribution >= 4 is 5.91 Å². The van der Waals surface area contributed by atoms with Gasteiger partial charge in [-0.2, -0.15) is 0 Å². The van der Waals surface area contributed by atoms with Crippen LogP contribution in [0.25, 0.3) is 0 Å². The van der Waals surface area contributed by atoms with Crippen molar-refractivity contribution in [3.05, 3.63) is 47.7 Å². The van der Waals surface area contributed by atoms with Crippen molar-refractivity contribution < 1.29 is 19.0 Å². The molecule has 2 aromatic rings. The quantitative estimate of drug-likeness (QED) is 0.938. The first-order valence-electron chi connectivity index (χ1n) is 7.38. The summed E-state index contributed by atoms with van der Waals surface area (Å²) in [6.45, 7) is 3.00. The van der Waals surface area contributed by atoms with Crippen LogP contribution in [0.2, 0.25) is 0 Å². The number of aromatic nitrogens is 1. The summed E-state index contributed by atoms with van der Waals surface area (Å²) in [4.78, 5) is 16.4. The highest BCUT2D eigenvalue weighted by Gasteiger charge is 2.18. The molecule has 0 saturated heterocycles. The second kappa shape index (κ2) is 6.56. The second-order valence-electron chi connectivity index (χ2n) is 5.16. The van der Waals surface area contributed by atoms with E-state index in [2.05, 4.69) is 10.3 Å². The zero-order valence-electron chi connectivity index (χ0n) is 13.0. The molecule has 1 unspecified atom stereocenters. The van der Waals surface area contributed by atoms with Gasteiger partial charge in [0.05, 0.1) is 13.2 Å². The number of hydrogen-bond donors (Lipinski definition) is 1. The fourth-order valence-corrected chi connectivity index (χ4v) is 2.41. The number of methoxy groups -OCH3 is 1. The summed E-state index contributed by atoms with van der Waals surface area (Å²) in [5.74, 6) is 1.50. The van der Waals surface area contributed by atoms with Crippen molar-refractivity contribution in [2.24, 2.45) is 0 Å². The van der Waals surface area contributed by atoms with E-state index in [1.165, 1.54) is 7.11 Å². The predicted octanol–water partition coefficient (Wildman–Crippen LogP) is 2.35. The van der Waals surface area contributed by atoms with Crippen molar-refractivity contribution in [2.75, 3.05) is 20.3 Å². The molecule has 1 amide bonds. The summed E-state index contributed by atoms with van der Waals surface area (Å²) >= 11 is 0. The van der Waals surface area contributed by atoms with Gasteiger partial charge in [-0.15, -0.1) is 0 Å². The lowest BCUT2D eigenvalue weighted by atomic mass is 10.1. The molecule has 1 atom stereocenters. The standard InChI is InChI=1S/C17H18N2O4/c1-11(12-5-6-14-15(10-12)23-9-8-22-14)19-16(20)13-4-3-7-18-17(13)21-2/h3-7,10-11H,8-9H2,1-2H3,(H,19,20). The molecule has 0 aliphatic carbocycles. The minimum absolute atomic E-state index is 0.191. The van der Waals surface area contributed by atoms with Crippen LogP contribution in [0.1, 0.15) is 28.9 Å². The Hall–Kier alpha value is -2.76. The van der Waals surface area contributed by atoms with E-state index in [0.29, 0.717) is 30.4 Å². The van der Waals surface area contributed by atoms with Crippen LogP contribution < -0.4 is 19.5 Å². The molecule has 1 aliphatic rings. The molecule has 1 N–H and O–H groups in total. The average molecular weight is 314 g/mol. The molecule has 120 valence electrons. The van der Waals surface area contributed by atoms with Crippen LogP contribution in [0.3, 0.4) is 0 Å². The van der Waals surface area contributed by atoms with E-state index in [1.807, 2.05) is 25.1 Å². The Morgan fingerprint density at radius 2 is 2.04 bits per heavy atom. The number of carbonyl (C=O) groups is 1. The third kappa shape index (κ3) is 3.21. The van der Waals surface area contributed by atoms with Crippen LogP contribution >= 0.6 is 0 Å². The molecule has 0 fully saturated rings. The zero-order chi connectivity index (χ0) is 16.2. The minimum atomic E-state index is -0.239. The molecule has 2 heterocycles. The van der Waals surface area contributed by atoms with Crippen LogP contribution in [-0.4, -0.2) is 31.2 Å². The van der Waals surface area contributed by atoms with Crippen molar-refractivity contribution in [3.63, 3.8) is 0 Å². The van der Waals surface area contributed by atoms with Gasteiger partial charge >= 0.3 is 0 Å². The molecular weight excluding hydrogens is 296 g/mol. The van der Waals surface area contributed by atoms with Gasteiger partial charge in [-0.05, 0) is 36.8 Å². The Labute approximate surface area is 134 Å². The van der Waals surface area contributed by atoms with E-state index in [-0.39, 0.29) is 11.9 Å². The Bertz CT molecular complexity index is 717. The van der Waals surface area contributed by atoms with Gasteiger partial charge in [0.1, 0.15) is 18.8 Å². The number of nitrogens with zero attached hydrogens (tertiary/aromatic N) is 1. The lowest BCUT2D eigenvalue weighted by Crippen LogP contribution is -2.27. The van der Waals surface area contributed by atoms with Crippen LogP contribution in [0.4, 0.5) is 0 Å². The van der Waals surface area contributed by atoms with E-state index in [0.717, 1.165) is 11.3 Å². The van der Waals surface area contributed by atoms with Crippen LogP contribution in [0, 0.1) is 0 Å². The monoisotopic (exact) mass is 314 g/mol. The first-order valence-corrected chi connectivity index (χ1v) is 7.38. The van der Waals surface area contributed by atoms with Crippen molar-refractivity contribution in [3.8, 4) is 17.4 Å². The normalized spacial score (nSPS) is 14.0. The molecular formula is C17H18N2O4. The summed E-state index contributed by atoms with van der Waals surface area (Å²) in [6, 6.07) is 8.85. The van der Waals surface area contributed by atoms with E-state index >= 15 is 0 Å². The maximum atomic E-state index is 12.4. The number of hydrogen-bond acceptors (Lipinski definition) is 5. The maximum absolute atomic E-state index is 12.4. The van der Waals surface area contributed by atoms with Gasteiger partial charge in [0, 0.05) is 6.20 Å². The molecule has 0 spiro atoms. The van der Waals surface area contributed by atoms with Gasteiger partial charge in [-0.3, -0.25) is 4.79 Å². The molecule has 1 aromatic heterocycles. The van der Waals surface area contributed by atoms with E-state index < -0.39 is 0 Å². The lowest BCUT2D eigenvalue weighted by molar-refractivity contribution is 0.0936. The summed E-state index contributed by atoms with van der Waals surface area (Å²) in [7, 11) is 1.49. The molecule has 0 radical (unpaired) electrons. The van der Waals surface area contributed by atoms with Gasteiger partial charge in [-0.1, -0.05) is 6.07 Å². The van der Waals surface area contributed by atoms with E-state index in [9.17, 15) is 4.79 Å². The fraction of sp³-hybridized carbons (Fsp3) is 0.294. The number of pyridine rings is 1. The van der Waals surface area contributed by atoms with Gasteiger partial charge in [-0.25, -0.2) is 4.98 Å². The first-order chi connectivity index (χ1) is 11.2. The highest BCUT2D eigenvalue weighted by atomic mass is 16.6. The SMILES string of the molecule is COc1ncccc1C(=O)NC(C)c1ccc2c(c1)OCCO2. The van der Waals surface area contributed by atoms with Crippen LogP contribution in [0.5, 0.6) is 17.4 Å². The largest absolute Gasteiger partial charge is 0.486 e. The van der Waals surface area contributed by atoms with E-state index in [1.54, 1.807) is 18.3 Å². The average Bonchev–Trinajstić information content (AvgIpc) is 2.61. The topological polar surface area (TPSA) is 69.7 Å². The number of ether oxygens (including phenoxy) is 3. The predicted molar refractivity (Wildman–Crippen MR) is 84.1 cm³/mol. The number of carbonyl (C=O) groups excluding carboxylic acids is 1. The molecule has 0 bridgehead atoms. The van der Waals surface area contributed by atoms with Gasteiger partial charge < -0.3 is 19.5 Å². The fourth-order valence-electron chi connectivity index (χ4n) is 2.41. The summed E-state index contributed by atoms with van der Waals surface area (Å²) < 4.78 is 16.2. The molecule has 1 aliphatic heterocycles. The Morgan fingerprint density at radius 1 is 1.26 bits per heavy atom. The number of fused-ring (bicyclic) bond motifs is 1. The Kier molecular flexibility index (Phi) is 4.32. The number of rotatable bonds is 4. The van der Waals surface area contributed by atoms with Gasteiger partial charge in [0.15, 0.2) is 11.5 Å². The molecule has 23 heavy (non-hydrogen) atoms. The van der Waals surface area contributed by atoms with E-state index in [4.69, 9.17) is 14.2 Å².